The Kier molecular flexibility index (Phi) is 8.12. The second kappa shape index (κ2) is 11.6. The predicted molar refractivity (Wildman–Crippen MR) is 138 cm³/mol. The van der Waals surface area contributed by atoms with Gasteiger partial charge in [-0.2, -0.15) is 0 Å². The van der Waals surface area contributed by atoms with Crippen molar-refractivity contribution < 1.29 is 28.9 Å². The summed E-state index contributed by atoms with van der Waals surface area (Å²) < 4.78 is 18.6. The van der Waals surface area contributed by atoms with E-state index in [2.05, 4.69) is 4.98 Å². The standard InChI is InChI=1S/C28H31N3O6/c1-4-17-37-20-11-9-19(10-12-20)25(32)23-24(21-7-5-8-22(35-2)27(21)36-3)31(28(34)26(23)33)15-6-14-30-16-13-29-18-30/h5,7-13,16,18,24,32H,4,6,14-15,17H2,1-3H3/b25-23+/t24-/m1/s1. The lowest BCUT2D eigenvalue weighted by atomic mass is 9.94. The molecule has 0 unspecified atom stereocenters. The number of aliphatic hydroxyl groups excluding tert-OH is 1. The number of hydrogen-bond donors (Lipinski definition) is 1. The van der Waals surface area contributed by atoms with E-state index >= 15 is 0 Å². The molecule has 194 valence electrons. The van der Waals surface area contributed by atoms with Crippen LogP contribution in [-0.4, -0.2) is 58.6 Å². The first kappa shape index (κ1) is 25.8. The summed E-state index contributed by atoms with van der Waals surface area (Å²) in [4.78, 5) is 32.2. The minimum absolute atomic E-state index is 0.00131. The normalized spacial score (nSPS) is 16.7. The molecule has 3 aromatic rings. The van der Waals surface area contributed by atoms with Crippen LogP contribution in [0, 0.1) is 0 Å². The molecule has 0 radical (unpaired) electrons. The molecule has 9 heteroatoms. The van der Waals surface area contributed by atoms with E-state index in [9.17, 15) is 14.7 Å². The summed E-state index contributed by atoms with van der Waals surface area (Å²) >= 11 is 0. The number of ketones is 1. The van der Waals surface area contributed by atoms with Crippen molar-refractivity contribution in [1.29, 1.82) is 0 Å². The molecule has 1 N–H and O–H groups in total. The van der Waals surface area contributed by atoms with Gasteiger partial charge in [-0.1, -0.05) is 19.1 Å². The van der Waals surface area contributed by atoms with Gasteiger partial charge in [0.15, 0.2) is 11.5 Å². The number of Topliss-reactive ketones (excluding diaryl/α,β-unsaturated/α-hetero) is 1. The molecule has 4 rings (SSSR count). The van der Waals surface area contributed by atoms with E-state index in [1.54, 1.807) is 55.0 Å². The number of aryl methyl sites for hydroxylation is 1. The highest BCUT2D eigenvalue weighted by atomic mass is 16.5. The lowest BCUT2D eigenvalue weighted by Gasteiger charge is -2.27. The Bertz CT molecular complexity index is 1270. The number of methoxy groups -OCH3 is 2. The molecule has 1 saturated heterocycles. The number of aromatic nitrogens is 2. The number of likely N-dealkylation sites (tertiary alicyclic amines) is 1. The minimum atomic E-state index is -0.858. The van der Waals surface area contributed by atoms with Gasteiger partial charge in [0.1, 0.15) is 11.5 Å². The van der Waals surface area contributed by atoms with Crippen molar-refractivity contribution in [3.8, 4) is 17.2 Å². The SMILES string of the molecule is CCCOc1ccc(/C(O)=C2\C(=O)C(=O)N(CCCn3ccnc3)[C@@H]2c2cccc(OC)c2OC)cc1. The Morgan fingerprint density at radius 2 is 1.84 bits per heavy atom. The zero-order valence-electron chi connectivity index (χ0n) is 21.2. The first-order valence-electron chi connectivity index (χ1n) is 12.2. The zero-order valence-corrected chi connectivity index (χ0v) is 21.2. The Labute approximate surface area is 215 Å². The average molecular weight is 506 g/mol. The second-order valence-electron chi connectivity index (χ2n) is 8.60. The van der Waals surface area contributed by atoms with E-state index in [4.69, 9.17) is 14.2 Å². The lowest BCUT2D eigenvalue weighted by Crippen LogP contribution is -2.31. The molecule has 0 bridgehead atoms. The number of aliphatic hydroxyl groups is 1. The van der Waals surface area contributed by atoms with Gasteiger partial charge in [-0.15, -0.1) is 0 Å². The molecular formula is C28H31N3O6. The monoisotopic (exact) mass is 505 g/mol. The molecule has 9 nitrogen and oxygen atoms in total. The Hall–Kier alpha value is -4.27. The third kappa shape index (κ3) is 5.30. The molecule has 1 aliphatic heterocycles. The van der Waals surface area contributed by atoms with Crippen LogP contribution in [0.15, 0.2) is 66.8 Å². The molecule has 37 heavy (non-hydrogen) atoms. The number of carbonyl (C=O) groups is 2. The maximum Gasteiger partial charge on any atom is 0.295 e. The number of benzene rings is 2. The number of ether oxygens (including phenoxy) is 3. The van der Waals surface area contributed by atoms with Gasteiger partial charge in [0.2, 0.25) is 0 Å². The van der Waals surface area contributed by atoms with Crippen LogP contribution in [0.4, 0.5) is 0 Å². The number of rotatable bonds is 11. The summed E-state index contributed by atoms with van der Waals surface area (Å²) in [6, 6.07) is 11.2. The molecule has 2 aromatic carbocycles. The molecule has 1 fully saturated rings. The van der Waals surface area contributed by atoms with E-state index in [1.165, 1.54) is 19.1 Å². The van der Waals surface area contributed by atoms with Crippen molar-refractivity contribution in [2.24, 2.45) is 0 Å². The number of para-hydroxylation sites is 1. The van der Waals surface area contributed by atoms with Crippen molar-refractivity contribution >= 4 is 17.4 Å². The van der Waals surface area contributed by atoms with Crippen molar-refractivity contribution in [3.05, 3.63) is 77.9 Å². The predicted octanol–water partition coefficient (Wildman–Crippen LogP) is 4.20. The molecule has 0 spiro atoms. The highest BCUT2D eigenvalue weighted by Crippen LogP contribution is 2.45. The van der Waals surface area contributed by atoms with Crippen molar-refractivity contribution in [2.75, 3.05) is 27.4 Å². The van der Waals surface area contributed by atoms with Gasteiger partial charge in [-0.3, -0.25) is 9.59 Å². The molecule has 0 saturated carbocycles. The number of hydrogen-bond acceptors (Lipinski definition) is 7. The maximum absolute atomic E-state index is 13.3. The molecule has 1 amide bonds. The smallest absolute Gasteiger partial charge is 0.295 e. The molecule has 1 aliphatic rings. The van der Waals surface area contributed by atoms with Gasteiger partial charge < -0.3 is 28.8 Å². The van der Waals surface area contributed by atoms with Gasteiger partial charge >= 0.3 is 0 Å². The summed E-state index contributed by atoms with van der Waals surface area (Å²) in [5.74, 6) is -0.171. The van der Waals surface area contributed by atoms with E-state index < -0.39 is 17.7 Å². The lowest BCUT2D eigenvalue weighted by molar-refractivity contribution is -0.140. The summed E-state index contributed by atoms with van der Waals surface area (Å²) in [7, 11) is 3.02. The van der Waals surface area contributed by atoms with Crippen LogP contribution in [-0.2, 0) is 16.1 Å². The quantitative estimate of drug-likeness (QED) is 0.237. The fourth-order valence-corrected chi connectivity index (χ4v) is 4.49. The Morgan fingerprint density at radius 3 is 2.49 bits per heavy atom. The van der Waals surface area contributed by atoms with Gasteiger partial charge in [0.25, 0.3) is 11.7 Å². The minimum Gasteiger partial charge on any atom is -0.507 e. The zero-order chi connectivity index (χ0) is 26.4. The molecule has 1 aromatic heterocycles. The largest absolute Gasteiger partial charge is 0.507 e. The second-order valence-corrected chi connectivity index (χ2v) is 8.60. The Balaban J connectivity index is 1.77. The molecule has 1 atom stereocenters. The number of amides is 1. The number of imidazole rings is 1. The van der Waals surface area contributed by atoms with Gasteiger partial charge in [0.05, 0.1) is 38.8 Å². The van der Waals surface area contributed by atoms with Crippen LogP contribution >= 0.6 is 0 Å². The van der Waals surface area contributed by atoms with Crippen molar-refractivity contribution in [3.63, 3.8) is 0 Å². The van der Waals surface area contributed by atoms with E-state index in [0.29, 0.717) is 47.9 Å². The van der Waals surface area contributed by atoms with Gasteiger partial charge in [-0.25, -0.2) is 4.98 Å². The van der Waals surface area contributed by atoms with E-state index in [-0.39, 0.29) is 17.9 Å². The number of carbonyl (C=O) groups excluding carboxylic acids is 2. The van der Waals surface area contributed by atoms with Crippen molar-refractivity contribution in [1.82, 2.24) is 14.5 Å². The highest BCUT2D eigenvalue weighted by Gasteiger charge is 2.47. The summed E-state index contributed by atoms with van der Waals surface area (Å²) in [5.41, 5.74) is 0.960. The molecule has 2 heterocycles. The third-order valence-corrected chi connectivity index (χ3v) is 6.24. The van der Waals surface area contributed by atoms with Crippen LogP contribution in [0.1, 0.15) is 36.9 Å². The molecule has 0 aliphatic carbocycles. The maximum atomic E-state index is 13.3. The summed E-state index contributed by atoms with van der Waals surface area (Å²) in [5, 5.41) is 11.3. The van der Waals surface area contributed by atoms with E-state index in [0.717, 1.165) is 6.42 Å². The summed E-state index contributed by atoms with van der Waals surface area (Å²) in [6.45, 7) is 3.49. The molecular weight excluding hydrogens is 474 g/mol. The third-order valence-electron chi connectivity index (χ3n) is 6.24. The topological polar surface area (TPSA) is 103 Å². The highest BCUT2D eigenvalue weighted by molar-refractivity contribution is 6.46. The fraction of sp³-hybridized carbons (Fsp3) is 0.321. The first-order valence-corrected chi connectivity index (χ1v) is 12.2. The average Bonchev–Trinajstić information content (AvgIpc) is 3.53. The van der Waals surface area contributed by atoms with Crippen LogP contribution in [0.3, 0.4) is 0 Å². The van der Waals surface area contributed by atoms with Crippen LogP contribution < -0.4 is 14.2 Å². The summed E-state index contributed by atoms with van der Waals surface area (Å²) in [6.07, 6.45) is 6.67. The van der Waals surface area contributed by atoms with Crippen LogP contribution in [0.2, 0.25) is 0 Å². The van der Waals surface area contributed by atoms with E-state index in [1.807, 2.05) is 17.7 Å². The number of nitrogens with zero attached hydrogens (tertiary/aromatic N) is 3. The Morgan fingerprint density at radius 1 is 1.05 bits per heavy atom. The van der Waals surface area contributed by atoms with Gasteiger partial charge in [0, 0.05) is 36.6 Å². The van der Waals surface area contributed by atoms with Crippen molar-refractivity contribution in [2.45, 2.75) is 32.4 Å². The fourth-order valence-electron chi connectivity index (χ4n) is 4.49. The van der Waals surface area contributed by atoms with Gasteiger partial charge in [-0.05, 0) is 43.2 Å². The first-order chi connectivity index (χ1) is 18.0. The van der Waals surface area contributed by atoms with Crippen LogP contribution in [0.25, 0.3) is 5.76 Å². The van der Waals surface area contributed by atoms with Crippen LogP contribution in [0.5, 0.6) is 17.2 Å².